The Morgan fingerprint density at radius 1 is 1.22 bits per heavy atom. The van der Waals surface area contributed by atoms with Crippen molar-refractivity contribution in [2.45, 2.75) is 33.4 Å². The van der Waals surface area contributed by atoms with Crippen LogP contribution in [-0.2, 0) is 6.54 Å². The van der Waals surface area contributed by atoms with E-state index in [0.717, 1.165) is 22.5 Å². The van der Waals surface area contributed by atoms with E-state index in [2.05, 4.69) is 53.3 Å². The van der Waals surface area contributed by atoms with Crippen molar-refractivity contribution >= 4 is 15.9 Å². The van der Waals surface area contributed by atoms with Crippen molar-refractivity contribution in [3.8, 4) is 0 Å². The molecule has 2 rings (SSSR count). The Labute approximate surface area is 117 Å². The van der Waals surface area contributed by atoms with Crippen molar-refractivity contribution < 1.29 is 4.42 Å². The molecule has 1 heterocycles. The minimum Gasteiger partial charge on any atom is -0.465 e. The number of benzene rings is 1. The summed E-state index contributed by atoms with van der Waals surface area (Å²) >= 11 is 3.59. The predicted molar refractivity (Wildman–Crippen MR) is 77.6 cm³/mol. The van der Waals surface area contributed by atoms with Crippen LogP contribution in [0.4, 0.5) is 0 Å². The molecule has 0 amide bonds. The third-order valence-electron chi connectivity index (χ3n) is 3.00. The summed E-state index contributed by atoms with van der Waals surface area (Å²) in [6.07, 6.45) is 0. The molecular weight excluding hydrogens is 290 g/mol. The highest BCUT2D eigenvalue weighted by Gasteiger charge is 2.09. The van der Waals surface area contributed by atoms with Gasteiger partial charge in [0, 0.05) is 11.0 Å². The molecule has 2 aromatic rings. The summed E-state index contributed by atoms with van der Waals surface area (Å²) in [7, 11) is 0. The summed E-state index contributed by atoms with van der Waals surface area (Å²) < 4.78 is 6.76. The van der Waals surface area contributed by atoms with Crippen molar-refractivity contribution in [1.29, 1.82) is 0 Å². The number of furan rings is 1. The third-order valence-corrected chi connectivity index (χ3v) is 3.73. The number of rotatable bonds is 4. The van der Waals surface area contributed by atoms with Gasteiger partial charge in [-0.2, -0.15) is 0 Å². The van der Waals surface area contributed by atoms with Crippen LogP contribution < -0.4 is 5.32 Å². The van der Waals surface area contributed by atoms with Gasteiger partial charge in [0.05, 0.1) is 6.04 Å². The number of hydrogen-bond donors (Lipinski definition) is 1. The Morgan fingerprint density at radius 2 is 2.00 bits per heavy atom. The number of aryl methyl sites for hydroxylation is 2. The second-order valence-electron chi connectivity index (χ2n) is 4.65. The van der Waals surface area contributed by atoms with Gasteiger partial charge in [0.15, 0.2) is 0 Å². The molecular formula is C15H18BrNO. The molecule has 0 fully saturated rings. The van der Waals surface area contributed by atoms with Crippen molar-refractivity contribution in [3.63, 3.8) is 0 Å². The van der Waals surface area contributed by atoms with E-state index in [0.29, 0.717) is 0 Å². The highest BCUT2D eigenvalue weighted by molar-refractivity contribution is 9.10. The summed E-state index contributed by atoms with van der Waals surface area (Å²) in [4.78, 5) is 0. The van der Waals surface area contributed by atoms with E-state index in [4.69, 9.17) is 4.42 Å². The van der Waals surface area contributed by atoms with Gasteiger partial charge in [-0.05, 0) is 50.1 Å². The maximum Gasteiger partial charge on any atom is 0.120 e. The standard InChI is InChI=1S/C15H18BrNO/c1-10-4-6-13(14(16)8-10)9-17-12(3)15-7-5-11(2)18-15/h4-8,12,17H,9H2,1-3H3. The minimum atomic E-state index is 0.215. The quantitative estimate of drug-likeness (QED) is 0.899. The van der Waals surface area contributed by atoms with Gasteiger partial charge in [0.1, 0.15) is 11.5 Å². The van der Waals surface area contributed by atoms with Crippen LogP contribution in [0.1, 0.15) is 35.6 Å². The smallest absolute Gasteiger partial charge is 0.120 e. The topological polar surface area (TPSA) is 25.2 Å². The SMILES string of the molecule is Cc1ccc(CNC(C)c2ccc(C)o2)c(Br)c1. The summed E-state index contributed by atoms with van der Waals surface area (Å²) in [5.41, 5.74) is 2.52. The summed E-state index contributed by atoms with van der Waals surface area (Å²) in [5.74, 6) is 1.94. The van der Waals surface area contributed by atoms with Gasteiger partial charge in [-0.3, -0.25) is 0 Å². The molecule has 0 saturated carbocycles. The zero-order valence-electron chi connectivity index (χ0n) is 11.0. The lowest BCUT2D eigenvalue weighted by Crippen LogP contribution is -2.17. The van der Waals surface area contributed by atoms with Gasteiger partial charge in [0.25, 0.3) is 0 Å². The van der Waals surface area contributed by atoms with Crippen LogP contribution in [0, 0.1) is 13.8 Å². The molecule has 0 aliphatic heterocycles. The number of hydrogen-bond acceptors (Lipinski definition) is 2. The van der Waals surface area contributed by atoms with Crippen LogP contribution in [0.3, 0.4) is 0 Å². The molecule has 0 spiro atoms. The van der Waals surface area contributed by atoms with Crippen LogP contribution in [-0.4, -0.2) is 0 Å². The molecule has 1 aromatic heterocycles. The highest BCUT2D eigenvalue weighted by Crippen LogP contribution is 2.20. The highest BCUT2D eigenvalue weighted by atomic mass is 79.9. The summed E-state index contributed by atoms with van der Waals surface area (Å²) in [5, 5.41) is 3.47. The molecule has 1 atom stereocenters. The van der Waals surface area contributed by atoms with E-state index in [1.165, 1.54) is 11.1 Å². The van der Waals surface area contributed by atoms with Gasteiger partial charge in [-0.15, -0.1) is 0 Å². The van der Waals surface area contributed by atoms with Gasteiger partial charge < -0.3 is 9.73 Å². The molecule has 0 bridgehead atoms. The molecule has 96 valence electrons. The molecule has 1 aromatic carbocycles. The van der Waals surface area contributed by atoms with Gasteiger partial charge in [0.2, 0.25) is 0 Å². The molecule has 18 heavy (non-hydrogen) atoms. The first-order valence-corrected chi connectivity index (χ1v) is 6.90. The molecule has 1 unspecified atom stereocenters. The van der Waals surface area contributed by atoms with Crippen LogP contribution in [0.2, 0.25) is 0 Å². The monoisotopic (exact) mass is 307 g/mol. The Hall–Kier alpha value is -1.06. The lowest BCUT2D eigenvalue weighted by Gasteiger charge is -2.12. The van der Waals surface area contributed by atoms with E-state index in [9.17, 15) is 0 Å². The molecule has 0 radical (unpaired) electrons. The Morgan fingerprint density at radius 3 is 2.61 bits per heavy atom. The average molecular weight is 308 g/mol. The largest absolute Gasteiger partial charge is 0.465 e. The van der Waals surface area contributed by atoms with Crippen molar-refractivity contribution in [1.82, 2.24) is 5.32 Å². The van der Waals surface area contributed by atoms with Crippen LogP contribution in [0.15, 0.2) is 39.2 Å². The van der Waals surface area contributed by atoms with Crippen molar-refractivity contribution in [2.24, 2.45) is 0 Å². The predicted octanol–water partition coefficient (Wildman–Crippen LogP) is 4.51. The summed E-state index contributed by atoms with van der Waals surface area (Å²) in [6.45, 7) is 6.99. The first-order chi connectivity index (χ1) is 8.56. The average Bonchev–Trinajstić information content (AvgIpc) is 2.74. The molecule has 0 aliphatic rings. The number of nitrogens with one attached hydrogen (secondary N) is 1. The van der Waals surface area contributed by atoms with Crippen molar-refractivity contribution in [2.75, 3.05) is 0 Å². The fourth-order valence-electron chi connectivity index (χ4n) is 1.85. The molecule has 0 aliphatic carbocycles. The van der Waals surface area contributed by atoms with Gasteiger partial charge in [-0.25, -0.2) is 0 Å². The van der Waals surface area contributed by atoms with E-state index in [1.54, 1.807) is 0 Å². The lowest BCUT2D eigenvalue weighted by molar-refractivity contribution is 0.415. The zero-order valence-corrected chi connectivity index (χ0v) is 12.5. The fourth-order valence-corrected chi connectivity index (χ4v) is 2.48. The van der Waals surface area contributed by atoms with Crippen LogP contribution in [0.25, 0.3) is 0 Å². The van der Waals surface area contributed by atoms with E-state index in [1.807, 2.05) is 19.1 Å². The van der Waals surface area contributed by atoms with Crippen LogP contribution >= 0.6 is 15.9 Å². The second-order valence-corrected chi connectivity index (χ2v) is 5.50. The molecule has 0 saturated heterocycles. The fraction of sp³-hybridized carbons (Fsp3) is 0.333. The Bertz CT molecular complexity index is 533. The maximum absolute atomic E-state index is 5.61. The van der Waals surface area contributed by atoms with E-state index >= 15 is 0 Å². The van der Waals surface area contributed by atoms with Gasteiger partial charge in [-0.1, -0.05) is 28.1 Å². The first-order valence-electron chi connectivity index (χ1n) is 6.11. The van der Waals surface area contributed by atoms with Gasteiger partial charge >= 0.3 is 0 Å². The Balaban J connectivity index is 1.99. The second kappa shape index (κ2) is 5.72. The third kappa shape index (κ3) is 3.24. The van der Waals surface area contributed by atoms with Crippen LogP contribution in [0.5, 0.6) is 0 Å². The number of halogens is 1. The molecule has 1 N–H and O–H groups in total. The van der Waals surface area contributed by atoms with Crippen molar-refractivity contribution in [3.05, 3.63) is 57.5 Å². The normalized spacial score (nSPS) is 12.7. The molecule has 3 heteroatoms. The maximum atomic E-state index is 5.61. The summed E-state index contributed by atoms with van der Waals surface area (Å²) in [6, 6.07) is 10.6. The first kappa shape index (κ1) is 13.4. The van der Waals surface area contributed by atoms with E-state index < -0.39 is 0 Å². The lowest BCUT2D eigenvalue weighted by atomic mass is 10.1. The minimum absolute atomic E-state index is 0.215. The molecule has 2 nitrogen and oxygen atoms in total. The zero-order chi connectivity index (χ0) is 13.1. The Kier molecular flexibility index (Phi) is 4.25. The van der Waals surface area contributed by atoms with E-state index in [-0.39, 0.29) is 6.04 Å².